The normalized spacial score (nSPS) is 21.7. The molecule has 0 atom stereocenters. The molecule has 2 saturated heterocycles. The first kappa shape index (κ1) is 35.9. The fourth-order valence-electron chi connectivity index (χ4n) is 4.59. The minimum Gasteiger partial charge on any atom is -0.664 e. The van der Waals surface area contributed by atoms with E-state index in [4.69, 9.17) is 10.6 Å². The van der Waals surface area contributed by atoms with Crippen LogP contribution in [-0.4, -0.2) is 115 Å². The Bertz CT molecular complexity index is 569. The molecule has 0 amide bonds. The van der Waals surface area contributed by atoms with Crippen molar-refractivity contribution in [2.24, 2.45) is 0 Å². The third-order valence-electron chi connectivity index (χ3n) is 6.66. The molecule has 2 aliphatic heterocycles. The second-order valence-corrected chi connectivity index (χ2v) is 9.81. The Balaban J connectivity index is 0.00000361. The first-order valence-electron chi connectivity index (χ1n) is 14.2. The van der Waals surface area contributed by atoms with Gasteiger partial charge in [-0.15, -0.1) is 26.2 Å². The number of hydrogen-bond donors (Lipinski definition) is 0. The predicted molar refractivity (Wildman–Crippen MR) is 154 cm³/mol. The van der Waals surface area contributed by atoms with Crippen molar-refractivity contribution in [2.45, 2.75) is 38.8 Å². The van der Waals surface area contributed by atoms with Gasteiger partial charge in [0.1, 0.15) is 0 Å². The van der Waals surface area contributed by atoms with E-state index in [-0.39, 0.29) is 33.0 Å². The summed E-state index contributed by atoms with van der Waals surface area (Å²) in [6, 6.07) is 9.27. The van der Waals surface area contributed by atoms with Crippen LogP contribution >= 0.6 is 0 Å². The zero-order valence-corrected chi connectivity index (χ0v) is 25.1. The van der Waals surface area contributed by atoms with Gasteiger partial charge in [0, 0.05) is 46.1 Å². The van der Waals surface area contributed by atoms with Crippen molar-refractivity contribution >= 4 is 0 Å². The maximum absolute atomic E-state index is 4.73. The molecule has 1 aromatic carbocycles. The zero-order chi connectivity index (χ0) is 24.9. The fourth-order valence-corrected chi connectivity index (χ4v) is 4.59. The molecule has 2 aliphatic rings. The van der Waals surface area contributed by atoms with E-state index in [1.54, 1.807) is 0 Å². The van der Waals surface area contributed by atoms with E-state index in [1.165, 1.54) is 11.1 Å². The Morgan fingerprint density at radius 1 is 0.395 bits per heavy atom. The van der Waals surface area contributed by atoms with Gasteiger partial charge in [-0.25, -0.2) is 0 Å². The molecule has 10 heteroatoms. The van der Waals surface area contributed by atoms with E-state index in [0.717, 1.165) is 143 Å². The Morgan fingerprint density at radius 2 is 0.711 bits per heavy atom. The van der Waals surface area contributed by atoms with Crippen molar-refractivity contribution in [3.63, 3.8) is 0 Å². The molecule has 0 saturated carbocycles. The zero-order valence-electron chi connectivity index (χ0n) is 23.1. The first-order chi connectivity index (χ1) is 17.9. The summed E-state index contributed by atoms with van der Waals surface area (Å²) < 4.78 is 0. The quantitative estimate of drug-likeness (QED) is 0.441. The molecule has 2 heterocycles. The fraction of sp³-hybridized carbons (Fsp3) is 0.786. The molecule has 0 bridgehead atoms. The molecule has 0 aliphatic carbocycles. The van der Waals surface area contributed by atoms with Crippen LogP contribution in [0.25, 0.3) is 31.9 Å². The summed E-state index contributed by atoms with van der Waals surface area (Å²) in [5.74, 6) is 0. The van der Waals surface area contributed by atoms with E-state index in [9.17, 15) is 0 Å². The van der Waals surface area contributed by atoms with E-state index in [1.807, 2.05) is 0 Å². The largest absolute Gasteiger partial charge is 0.664 e. The minimum atomic E-state index is 0. The maximum atomic E-state index is 4.73. The molecule has 0 spiro atoms. The average molecular weight is 614 g/mol. The second kappa shape index (κ2) is 24.7. The number of nitrogens with zero attached hydrogens (tertiary/aromatic N) is 8. The van der Waals surface area contributed by atoms with E-state index in [0.29, 0.717) is 0 Å². The van der Waals surface area contributed by atoms with E-state index >= 15 is 0 Å². The maximum Gasteiger partial charge on any atom is 0.0233 e. The van der Waals surface area contributed by atoms with E-state index < -0.39 is 0 Å². The van der Waals surface area contributed by atoms with Crippen LogP contribution in [0.2, 0.25) is 0 Å². The van der Waals surface area contributed by atoms with Gasteiger partial charge in [-0.05, 0) is 37.3 Å². The van der Waals surface area contributed by atoms with Crippen molar-refractivity contribution in [1.82, 2.24) is 9.80 Å². The standard InChI is InChI=1S/C28H48N8.2Ni/c1-9-29-15-17-31-13-3-21-35(23-19-33-11-1)25-27-5-7-28(8-6-27)26-36-22-4-14-32-18-16-30-10-2-12-34-20-24-36;;/h5-8H,1-4,9-26H2;;/q-6;;. The molecule has 226 valence electrons. The van der Waals surface area contributed by atoms with E-state index in [2.05, 4.69) is 55.3 Å². The monoisotopic (exact) mass is 612 g/mol. The summed E-state index contributed by atoms with van der Waals surface area (Å²) in [5, 5.41) is 27.8. The molecule has 0 N–H and O–H groups in total. The first-order valence-corrected chi connectivity index (χ1v) is 14.2. The van der Waals surface area contributed by atoms with Crippen LogP contribution in [0.15, 0.2) is 24.3 Å². The molecule has 0 unspecified atom stereocenters. The molecule has 0 radical (unpaired) electrons. The summed E-state index contributed by atoms with van der Waals surface area (Å²) in [6.45, 7) is 17.1. The average Bonchev–Trinajstić information content (AvgIpc) is 2.89. The smallest absolute Gasteiger partial charge is 0.0233 e. The van der Waals surface area contributed by atoms with Crippen LogP contribution in [0, 0.1) is 0 Å². The summed E-state index contributed by atoms with van der Waals surface area (Å²) in [7, 11) is 0. The summed E-state index contributed by atoms with van der Waals surface area (Å²) >= 11 is 0. The van der Waals surface area contributed by atoms with Crippen LogP contribution < -0.4 is 0 Å². The van der Waals surface area contributed by atoms with Gasteiger partial charge >= 0.3 is 0 Å². The van der Waals surface area contributed by atoms with Crippen molar-refractivity contribution in [3.8, 4) is 0 Å². The van der Waals surface area contributed by atoms with Crippen molar-refractivity contribution in [2.75, 3.05) is 105 Å². The van der Waals surface area contributed by atoms with Gasteiger partial charge in [0.15, 0.2) is 0 Å². The van der Waals surface area contributed by atoms with Gasteiger partial charge < -0.3 is 41.7 Å². The van der Waals surface area contributed by atoms with Gasteiger partial charge in [-0.2, -0.15) is 52.4 Å². The Kier molecular flexibility index (Phi) is 23.3. The van der Waals surface area contributed by atoms with Crippen molar-refractivity contribution < 1.29 is 33.0 Å². The second-order valence-electron chi connectivity index (χ2n) is 9.81. The Hall–Kier alpha value is -0.113. The number of benzene rings is 1. The molecule has 8 nitrogen and oxygen atoms in total. The van der Waals surface area contributed by atoms with Gasteiger partial charge in [0.2, 0.25) is 0 Å². The Morgan fingerprint density at radius 3 is 1.08 bits per heavy atom. The minimum absolute atomic E-state index is 0. The van der Waals surface area contributed by atoms with Gasteiger partial charge in [-0.3, -0.25) is 0 Å². The van der Waals surface area contributed by atoms with Crippen molar-refractivity contribution in [3.05, 3.63) is 67.3 Å². The summed E-state index contributed by atoms with van der Waals surface area (Å²) in [5.41, 5.74) is 2.77. The molecule has 3 rings (SSSR count). The molecular formula is C28H48N8Ni2-6. The number of rotatable bonds is 4. The predicted octanol–water partition coefficient (Wildman–Crippen LogP) is 5.12. The van der Waals surface area contributed by atoms with Crippen LogP contribution in [0.1, 0.15) is 36.8 Å². The molecule has 2 fully saturated rings. The van der Waals surface area contributed by atoms with Gasteiger partial charge in [-0.1, -0.05) is 49.9 Å². The van der Waals surface area contributed by atoms with Gasteiger partial charge in [0.25, 0.3) is 0 Å². The number of hydrogen-bond acceptors (Lipinski definition) is 2. The van der Waals surface area contributed by atoms with Crippen LogP contribution in [0.5, 0.6) is 0 Å². The molecular weight excluding hydrogens is 566 g/mol. The summed E-state index contributed by atoms with van der Waals surface area (Å²) in [6.07, 6.45) is 4.35. The van der Waals surface area contributed by atoms with Crippen LogP contribution in [0.4, 0.5) is 0 Å². The van der Waals surface area contributed by atoms with Crippen LogP contribution in [-0.2, 0) is 46.1 Å². The SMILES string of the molecule is [Ni].[Ni].c1cc(CN2CCC[N-]CC[N-]CCC[N-]CC2)ccc1CN1CCC[N-]CC[N-]CCC[N-]CC1. The van der Waals surface area contributed by atoms with Crippen LogP contribution in [0.3, 0.4) is 0 Å². The van der Waals surface area contributed by atoms with Crippen molar-refractivity contribution in [1.29, 1.82) is 0 Å². The molecule has 38 heavy (non-hydrogen) atoms. The van der Waals surface area contributed by atoms with Gasteiger partial charge in [0.05, 0.1) is 0 Å². The topological polar surface area (TPSA) is 91.1 Å². The molecule has 0 aromatic heterocycles. The third kappa shape index (κ3) is 17.6. The molecule has 1 aromatic rings. The summed E-state index contributed by atoms with van der Waals surface area (Å²) in [4.78, 5) is 5.09. The Labute approximate surface area is 252 Å². The third-order valence-corrected chi connectivity index (χ3v) is 6.66.